The van der Waals surface area contributed by atoms with E-state index >= 15 is 0 Å². The fourth-order valence-corrected chi connectivity index (χ4v) is 2.52. The minimum Gasteiger partial charge on any atom is -0.316 e. The molecule has 2 unspecified atom stereocenters. The van der Waals surface area contributed by atoms with Crippen molar-refractivity contribution < 1.29 is 0 Å². The summed E-state index contributed by atoms with van der Waals surface area (Å²) in [5, 5.41) is 3.55. The van der Waals surface area contributed by atoms with Crippen LogP contribution < -0.4 is 5.32 Å². The lowest BCUT2D eigenvalue weighted by Crippen LogP contribution is -2.26. The molecule has 0 fully saturated rings. The first-order chi connectivity index (χ1) is 8.19. The van der Waals surface area contributed by atoms with E-state index in [9.17, 15) is 0 Å². The Morgan fingerprint density at radius 1 is 1.29 bits per heavy atom. The minimum absolute atomic E-state index is 0.615. The maximum atomic E-state index is 3.56. The first kappa shape index (κ1) is 14.7. The third-order valence-corrected chi connectivity index (χ3v) is 3.89. The van der Waals surface area contributed by atoms with E-state index in [1.807, 2.05) is 0 Å². The summed E-state index contributed by atoms with van der Waals surface area (Å²) in [6, 6.07) is 8.73. The standard InChI is InChI=1S/C15H24BrN/c1-4-9-17-11-15(12(3)5-2)13-7-6-8-14(16)10-13/h6-8,10,12,15,17H,4-5,9,11H2,1-3H3. The second-order valence-electron chi connectivity index (χ2n) is 4.75. The van der Waals surface area contributed by atoms with Crippen LogP contribution in [0.1, 0.15) is 45.1 Å². The lowest BCUT2D eigenvalue weighted by atomic mass is 9.85. The molecule has 1 aromatic carbocycles. The van der Waals surface area contributed by atoms with Crippen LogP contribution in [0, 0.1) is 5.92 Å². The summed E-state index contributed by atoms with van der Waals surface area (Å²) in [6.45, 7) is 9.03. The molecule has 2 atom stereocenters. The van der Waals surface area contributed by atoms with Gasteiger partial charge in [0.05, 0.1) is 0 Å². The SMILES string of the molecule is CCCNCC(c1cccc(Br)c1)C(C)CC. The number of benzene rings is 1. The van der Waals surface area contributed by atoms with Gasteiger partial charge in [-0.3, -0.25) is 0 Å². The molecule has 17 heavy (non-hydrogen) atoms. The fraction of sp³-hybridized carbons (Fsp3) is 0.600. The molecular formula is C15H24BrN. The van der Waals surface area contributed by atoms with Gasteiger partial charge in [-0.05, 0) is 42.5 Å². The Hall–Kier alpha value is -0.340. The van der Waals surface area contributed by atoms with Crippen LogP contribution in [0.2, 0.25) is 0 Å². The second-order valence-corrected chi connectivity index (χ2v) is 5.67. The average Bonchev–Trinajstić information content (AvgIpc) is 2.34. The van der Waals surface area contributed by atoms with E-state index in [0.29, 0.717) is 11.8 Å². The van der Waals surface area contributed by atoms with Crippen molar-refractivity contribution in [1.82, 2.24) is 5.32 Å². The Bertz CT molecular complexity index is 324. The van der Waals surface area contributed by atoms with E-state index in [0.717, 1.165) is 13.1 Å². The number of hydrogen-bond acceptors (Lipinski definition) is 1. The van der Waals surface area contributed by atoms with Gasteiger partial charge in [0.2, 0.25) is 0 Å². The topological polar surface area (TPSA) is 12.0 Å². The van der Waals surface area contributed by atoms with E-state index in [2.05, 4.69) is 66.3 Å². The highest BCUT2D eigenvalue weighted by Crippen LogP contribution is 2.28. The van der Waals surface area contributed by atoms with Gasteiger partial charge in [0.15, 0.2) is 0 Å². The molecule has 0 saturated carbocycles. The maximum absolute atomic E-state index is 3.56. The average molecular weight is 298 g/mol. The summed E-state index contributed by atoms with van der Waals surface area (Å²) in [5.74, 6) is 1.33. The van der Waals surface area contributed by atoms with Gasteiger partial charge < -0.3 is 5.32 Å². The molecule has 0 aliphatic carbocycles. The first-order valence-electron chi connectivity index (χ1n) is 6.65. The molecule has 0 aliphatic heterocycles. The Kier molecular flexibility index (Phi) is 6.83. The lowest BCUT2D eigenvalue weighted by molar-refractivity contribution is 0.421. The zero-order valence-electron chi connectivity index (χ0n) is 11.2. The van der Waals surface area contributed by atoms with Crippen molar-refractivity contribution >= 4 is 15.9 Å². The smallest absolute Gasteiger partial charge is 0.0178 e. The van der Waals surface area contributed by atoms with Crippen molar-refractivity contribution in [2.75, 3.05) is 13.1 Å². The van der Waals surface area contributed by atoms with Crippen LogP contribution in [0.25, 0.3) is 0 Å². The minimum atomic E-state index is 0.615. The van der Waals surface area contributed by atoms with Gasteiger partial charge in [0, 0.05) is 11.0 Å². The highest BCUT2D eigenvalue weighted by Gasteiger charge is 2.17. The number of rotatable bonds is 7. The molecule has 1 rings (SSSR count). The molecule has 1 nitrogen and oxygen atoms in total. The van der Waals surface area contributed by atoms with E-state index in [1.54, 1.807) is 0 Å². The molecule has 0 heterocycles. The fourth-order valence-electron chi connectivity index (χ4n) is 2.10. The zero-order chi connectivity index (χ0) is 12.7. The quantitative estimate of drug-likeness (QED) is 0.727. The summed E-state index contributed by atoms with van der Waals surface area (Å²) < 4.78 is 1.18. The molecule has 0 amide bonds. The van der Waals surface area contributed by atoms with Crippen LogP contribution in [0.3, 0.4) is 0 Å². The molecule has 1 aromatic rings. The highest BCUT2D eigenvalue weighted by molar-refractivity contribution is 9.10. The Labute approximate surface area is 114 Å². The van der Waals surface area contributed by atoms with Gasteiger partial charge in [0.1, 0.15) is 0 Å². The number of nitrogens with one attached hydrogen (secondary N) is 1. The van der Waals surface area contributed by atoms with Gasteiger partial charge in [-0.1, -0.05) is 55.3 Å². The predicted octanol–water partition coefficient (Wildman–Crippen LogP) is 4.58. The lowest BCUT2D eigenvalue weighted by Gasteiger charge is -2.24. The van der Waals surface area contributed by atoms with E-state index in [1.165, 1.54) is 22.9 Å². The number of hydrogen-bond donors (Lipinski definition) is 1. The van der Waals surface area contributed by atoms with Crippen LogP contribution in [0.15, 0.2) is 28.7 Å². The molecule has 0 aromatic heterocycles. The number of halogens is 1. The molecule has 0 radical (unpaired) electrons. The Morgan fingerprint density at radius 2 is 2.06 bits per heavy atom. The Morgan fingerprint density at radius 3 is 2.65 bits per heavy atom. The van der Waals surface area contributed by atoms with Crippen molar-refractivity contribution in [2.24, 2.45) is 5.92 Å². The van der Waals surface area contributed by atoms with Gasteiger partial charge in [-0.2, -0.15) is 0 Å². The molecule has 0 bridgehead atoms. The van der Waals surface area contributed by atoms with E-state index in [4.69, 9.17) is 0 Å². The monoisotopic (exact) mass is 297 g/mol. The van der Waals surface area contributed by atoms with Gasteiger partial charge >= 0.3 is 0 Å². The Balaban J connectivity index is 2.74. The van der Waals surface area contributed by atoms with Crippen molar-refractivity contribution in [3.05, 3.63) is 34.3 Å². The van der Waals surface area contributed by atoms with Gasteiger partial charge in [0.25, 0.3) is 0 Å². The van der Waals surface area contributed by atoms with E-state index in [-0.39, 0.29) is 0 Å². The normalized spacial score (nSPS) is 14.6. The predicted molar refractivity (Wildman–Crippen MR) is 79.5 cm³/mol. The summed E-state index contributed by atoms with van der Waals surface area (Å²) in [7, 11) is 0. The summed E-state index contributed by atoms with van der Waals surface area (Å²) in [5.41, 5.74) is 1.44. The largest absolute Gasteiger partial charge is 0.316 e. The van der Waals surface area contributed by atoms with Crippen LogP contribution in [-0.4, -0.2) is 13.1 Å². The van der Waals surface area contributed by atoms with Gasteiger partial charge in [-0.25, -0.2) is 0 Å². The summed E-state index contributed by atoms with van der Waals surface area (Å²) in [6.07, 6.45) is 2.43. The summed E-state index contributed by atoms with van der Waals surface area (Å²) >= 11 is 3.56. The molecule has 1 N–H and O–H groups in total. The molecule has 0 saturated heterocycles. The van der Waals surface area contributed by atoms with Crippen LogP contribution >= 0.6 is 15.9 Å². The van der Waals surface area contributed by atoms with Crippen molar-refractivity contribution in [3.8, 4) is 0 Å². The third-order valence-electron chi connectivity index (χ3n) is 3.40. The highest BCUT2D eigenvalue weighted by atomic mass is 79.9. The molecule has 0 spiro atoms. The third kappa shape index (κ3) is 4.81. The van der Waals surface area contributed by atoms with Crippen molar-refractivity contribution in [3.63, 3.8) is 0 Å². The molecule has 2 heteroatoms. The molecule has 96 valence electrons. The van der Waals surface area contributed by atoms with Crippen LogP contribution in [0.5, 0.6) is 0 Å². The van der Waals surface area contributed by atoms with Crippen molar-refractivity contribution in [2.45, 2.75) is 39.5 Å². The first-order valence-corrected chi connectivity index (χ1v) is 7.44. The van der Waals surface area contributed by atoms with E-state index < -0.39 is 0 Å². The van der Waals surface area contributed by atoms with Gasteiger partial charge in [-0.15, -0.1) is 0 Å². The zero-order valence-corrected chi connectivity index (χ0v) is 12.8. The molecular weight excluding hydrogens is 274 g/mol. The maximum Gasteiger partial charge on any atom is 0.0178 e. The van der Waals surface area contributed by atoms with Crippen LogP contribution in [-0.2, 0) is 0 Å². The van der Waals surface area contributed by atoms with Crippen molar-refractivity contribution in [1.29, 1.82) is 0 Å². The second kappa shape index (κ2) is 7.88. The molecule has 0 aliphatic rings. The van der Waals surface area contributed by atoms with Crippen LogP contribution in [0.4, 0.5) is 0 Å². The summed E-state index contributed by atoms with van der Waals surface area (Å²) in [4.78, 5) is 0.